The maximum Gasteiger partial charge on any atom is 0.277 e. The molecule has 0 radical (unpaired) electrons. The second-order valence-corrected chi connectivity index (χ2v) is 4.80. The largest absolute Gasteiger partial charge is 0.277 e. The van der Waals surface area contributed by atoms with Gasteiger partial charge >= 0.3 is 0 Å². The minimum absolute atomic E-state index is 0.189. The fraction of sp³-hybridized carbons (Fsp3) is 0. The van der Waals surface area contributed by atoms with Crippen molar-refractivity contribution in [2.24, 2.45) is 0 Å². The molecule has 23 heavy (non-hydrogen) atoms. The van der Waals surface area contributed by atoms with E-state index in [9.17, 15) is 30.3 Å². The van der Waals surface area contributed by atoms with Crippen LogP contribution in [0.4, 0.5) is 17.1 Å². The standard InChI is InChI=1S/C14H7N3O6/c18-15(19)9-2-1-8-5-14(17(22)23)11-4-3-10(16(20)21)7-13(11)12(8)6-9/h1-7H. The van der Waals surface area contributed by atoms with E-state index in [-0.39, 0.29) is 27.8 Å². The normalized spacial score (nSPS) is 10.8. The lowest BCUT2D eigenvalue weighted by atomic mass is 9.99. The van der Waals surface area contributed by atoms with Gasteiger partial charge in [0, 0.05) is 35.7 Å². The van der Waals surface area contributed by atoms with Crippen molar-refractivity contribution in [1.29, 1.82) is 0 Å². The summed E-state index contributed by atoms with van der Waals surface area (Å²) >= 11 is 0. The zero-order chi connectivity index (χ0) is 16.7. The summed E-state index contributed by atoms with van der Waals surface area (Å²) in [5, 5.41) is 34.2. The van der Waals surface area contributed by atoms with Crippen LogP contribution in [0, 0.1) is 30.3 Å². The molecule has 0 heterocycles. The number of hydrogen-bond donors (Lipinski definition) is 0. The number of nitro benzene ring substituents is 3. The van der Waals surface area contributed by atoms with E-state index in [1.54, 1.807) is 0 Å². The molecule has 9 nitrogen and oxygen atoms in total. The number of rotatable bonds is 3. The fourth-order valence-corrected chi connectivity index (χ4v) is 2.49. The number of non-ortho nitro benzene ring substituents is 3. The van der Waals surface area contributed by atoms with E-state index in [1.165, 1.54) is 42.5 Å². The lowest BCUT2D eigenvalue weighted by Crippen LogP contribution is -1.94. The van der Waals surface area contributed by atoms with Crippen LogP contribution in [0.15, 0.2) is 42.5 Å². The van der Waals surface area contributed by atoms with Crippen LogP contribution in [0.1, 0.15) is 0 Å². The van der Waals surface area contributed by atoms with Crippen LogP contribution in [-0.2, 0) is 0 Å². The first-order valence-corrected chi connectivity index (χ1v) is 6.32. The summed E-state index contributed by atoms with van der Waals surface area (Å²) in [6.45, 7) is 0. The highest BCUT2D eigenvalue weighted by Crippen LogP contribution is 2.36. The van der Waals surface area contributed by atoms with Crippen LogP contribution in [0.3, 0.4) is 0 Å². The summed E-state index contributed by atoms with van der Waals surface area (Å²) in [6, 6.07) is 8.81. The molecule has 0 aliphatic rings. The SMILES string of the molecule is O=[N+]([O-])c1ccc2cc([N+](=O)[O-])c3ccc([N+](=O)[O-])cc3c2c1. The Morgan fingerprint density at radius 3 is 1.74 bits per heavy atom. The summed E-state index contributed by atoms with van der Waals surface area (Å²) in [4.78, 5) is 31.3. The third-order valence-corrected chi connectivity index (χ3v) is 3.52. The topological polar surface area (TPSA) is 129 Å². The number of fused-ring (bicyclic) bond motifs is 3. The van der Waals surface area contributed by atoms with Gasteiger partial charge in [0.15, 0.2) is 0 Å². The summed E-state index contributed by atoms with van der Waals surface area (Å²) < 4.78 is 0. The molecule has 0 fully saturated rings. The van der Waals surface area contributed by atoms with E-state index in [1.807, 2.05) is 0 Å². The molecule has 0 N–H and O–H groups in total. The first kappa shape index (κ1) is 14.3. The summed E-state index contributed by atoms with van der Waals surface area (Å²) in [6.07, 6.45) is 0. The van der Waals surface area contributed by atoms with Gasteiger partial charge in [-0.3, -0.25) is 30.3 Å². The van der Waals surface area contributed by atoms with Crippen LogP contribution in [0.25, 0.3) is 21.5 Å². The van der Waals surface area contributed by atoms with Gasteiger partial charge in [-0.05, 0) is 22.9 Å². The number of nitro groups is 3. The van der Waals surface area contributed by atoms with Crippen molar-refractivity contribution in [3.05, 3.63) is 72.8 Å². The van der Waals surface area contributed by atoms with E-state index >= 15 is 0 Å². The molecular weight excluding hydrogens is 306 g/mol. The van der Waals surface area contributed by atoms with Gasteiger partial charge in [0.05, 0.1) is 20.2 Å². The van der Waals surface area contributed by atoms with E-state index in [0.717, 1.165) is 0 Å². The van der Waals surface area contributed by atoms with Gasteiger partial charge in [0.2, 0.25) is 0 Å². The Morgan fingerprint density at radius 1 is 0.609 bits per heavy atom. The zero-order valence-corrected chi connectivity index (χ0v) is 11.3. The van der Waals surface area contributed by atoms with Gasteiger partial charge in [-0.15, -0.1) is 0 Å². The van der Waals surface area contributed by atoms with Gasteiger partial charge in [0.1, 0.15) is 0 Å². The highest BCUT2D eigenvalue weighted by atomic mass is 16.6. The Labute approximate surface area is 127 Å². The smallest absolute Gasteiger partial charge is 0.258 e. The average Bonchev–Trinajstić information content (AvgIpc) is 2.52. The maximum absolute atomic E-state index is 11.2. The van der Waals surface area contributed by atoms with Crippen LogP contribution in [0.2, 0.25) is 0 Å². The molecule has 0 saturated heterocycles. The highest BCUT2D eigenvalue weighted by molar-refractivity contribution is 6.12. The van der Waals surface area contributed by atoms with Crippen molar-refractivity contribution >= 4 is 38.6 Å². The molecule has 0 bridgehead atoms. The lowest BCUT2D eigenvalue weighted by Gasteiger charge is -2.05. The molecule has 0 aromatic heterocycles. The predicted octanol–water partition coefficient (Wildman–Crippen LogP) is 3.72. The van der Waals surface area contributed by atoms with Gasteiger partial charge in [-0.1, -0.05) is 0 Å². The quantitative estimate of drug-likeness (QED) is 0.411. The molecule has 0 amide bonds. The van der Waals surface area contributed by atoms with Crippen molar-refractivity contribution in [1.82, 2.24) is 0 Å². The van der Waals surface area contributed by atoms with Crippen molar-refractivity contribution in [3.63, 3.8) is 0 Å². The monoisotopic (exact) mass is 313 g/mol. The first-order chi connectivity index (χ1) is 10.9. The first-order valence-electron chi connectivity index (χ1n) is 6.32. The molecule has 3 rings (SSSR count). The van der Waals surface area contributed by atoms with Crippen LogP contribution >= 0.6 is 0 Å². The Hall–Kier alpha value is -3.62. The van der Waals surface area contributed by atoms with Crippen molar-refractivity contribution in [3.8, 4) is 0 Å². The Kier molecular flexibility index (Phi) is 3.10. The second kappa shape index (κ2) is 4.98. The lowest BCUT2D eigenvalue weighted by molar-refractivity contribution is -0.385. The number of benzene rings is 3. The molecule has 0 aliphatic heterocycles. The summed E-state index contributed by atoms with van der Waals surface area (Å²) in [7, 11) is 0. The summed E-state index contributed by atoms with van der Waals surface area (Å²) in [5.74, 6) is 0. The fourth-order valence-electron chi connectivity index (χ4n) is 2.49. The molecule has 3 aromatic carbocycles. The van der Waals surface area contributed by atoms with E-state index < -0.39 is 14.8 Å². The molecule has 3 aromatic rings. The second-order valence-electron chi connectivity index (χ2n) is 4.80. The third-order valence-electron chi connectivity index (χ3n) is 3.52. The average molecular weight is 313 g/mol. The highest BCUT2D eigenvalue weighted by Gasteiger charge is 2.19. The van der Waals surface area contributed by atoms with Gasteiger partial charge in [-0.2, -0.15) is 0 Å². The molecule has 0 atom stereocenters. The van der Waals surface area contributed by atoms with Crippen molar-refractivity contribution in [2.45, 2.75) is 0 Å². The van der Waals surface area contributed by atoms with Crippen molar-refractivity contribution < 1.29 is 14.8 Å². The molecule has 0 unspecified atom stereocenters. The minimum Gasteiger partial charge on any atom is -0.258 e. The van der Waals surface area contributed by atoms with E-state index in [2.05, 4.69) is 0 Å². The molecule has 0 spiro atoms. The maximum atomic E-state index is 11.2. The molecular formula is C14H7N3O6. The number of hydrogen-bond acceptors (Lipinski definition) is 6. The molecule has 9 heteroatoms. The van der Waals surface area contributed by atoms with Gasteiger partial charge in [-0.25, -0.2) is 0 Å². The predicted molar refractivity (Wildman–Crippen MR) is 81.4 cm³/mol. The Bertz CT molecular complexity index is 1010. The van der Waals surface area contributed by atoms with Crippen LogP contribution < -0.4 is 0 Å². The zero-order valence-electron chi connectivity index (χ0n) is 11.3. The van der Waals surface area contributed by atoms with Crippen LogP contribution in [-0.4, -0.2) is 14.8 Å². The molecule has 0 saturated carbocycles. The minimum atomic E-state index is -0.624. The Balaban J connectivity index is 2.51. The van der Waals surface area contributed by atoms with E-state index in [4.69, 9.17) is 0 Å². The number of nitrogens with zero attached hydrogens (tertiary/aromatic N) is 3. The summed E-state index contributed by atoms with van der Waals surface area (Å²) in [5.41, 5.74) is -0.652. The molecule has 0 aliphatic carbocycles. The molecule has 114 valence electrons. The Morgan fingerprint density at radius 2 is 1.17 bits per heavy atom. The van der Waals surface area contributed by atoms with E-state index in [0.29, 0.717) is 10.8 Å². The van der Waals surface area contributed by atoms with Crippen LogP contribution in [0.5, 0.6) is 0 Å². The van der Waals surface area contributed by atoms with Crippen molar-refractivity contribution in [2.75, 3.05) is 0 Å². The van der Waals surface area contributed by atoms with Gasteiger partial charge < -0.3 is 0 Å². The third kappa shape index (κ3) is 2.29. The van der Waals surface area contributed by atoms with Gasteiger partial charge in [0.25, 0.3) is 17.1 Å².